The molecule has 3 heteroatoms. The third kappa shape index (κ3) is 3.12. The number of carbonyl (C=O) groups excluding carboxylic acids is 1. The minimum Gasteiger partial charge on any atom is -0.297 e. The van der Waals surface area contributed by atoms with Crippen LogP contribution in [-0.4, -0.2) is 20.1 Å². The summed E-state index contributed by atoms with van der Waals surface area (Å²) in [5.41, 5.74) is 4.85. The quantitative estimate of drug-likeness (QED) is 0.768. The van der Waals surface area contributed by atoms with E-state index in [-0.39, 0.29) is 6.03 Å². The van der Waals surface area contributed by atoms with Crippen molar-refractivity contribution in [2.75, 3.05) is 23.9 Å². The molecule has 112 valence electrons. The minimum atomic E-state index is -0.100. The van der Waals surface area contributed by atoms with E-state index >= 15 is 0 Å². The molecule has 0 saturated heterocycles. The van der Waals surface area contributed by atoms with Crippen LogP contribution in [0.2, 0.25) is 0 Å². The van der Waals surface area contributed by atoms with E-state index in [1.165, 1.54) is 5.56 Å². The van der Waals surface area contributed by atoms with E-state index in [0.717, 1.165) is 22.5 Å². The van der Waals surface area contributed by atoms with E-state index in [4.69, 9.17) is 6.42 Å². The van der Waals surface area contributed by atoms with Gasteiger partial charge in [-0.2, -0.15) is 0 Å². The predicted molar refractivity (Wildman–Crippen MR) is 92.5 cm³/mol. The highest BCUT2D eigenvalue weighted by Gasteiger charge is 2.17. The van der Waals surface area contributed by atoms with Crippen LogP contribution in [0.5, 0.6) is 0 Å². The molecule has 0 spiro atoms. The van der Waals surface area contributed by atoms with E-state index in [2.05, 4.69) is 12.8 Å². The van der Waals surface area contributed by atoms with E-state index in [1.54, 1.807) is 23.9 Å². The van der Waals surface area contributed by atoms with Crippen LogP contribution >= 0.6 is 0 Å². The molecule has 0 aliphatic heterocycles. The highest BCUT2D eigenvalue weighted by atomic mass is 16.2. The zero-order valence-corrected chi connectivity index (χ0v) is 13.4. The molecule has 0 aliphatic carbocycles. The first-order valence-electron chi connectivity index (χ1n) is 7.09. The van der Waals surface area contributed by atoms with Gasteiger partial charge in [0.2, 0.25) is 0 Å². The molecule has 2 aromatic carbocycles. The summed E-state index contributed by atoms with van der Waals surface area (Å²) in [6, 6.07) is 13.2. The van der Waals surface area contributed by atoms with Gasteiger partial charge in [-0.05, 0) is 61.4 Å². The summed E-state index contributed by atoms with van der Waals surface area (Å²) in [7, 11) is 3.53. The van der Waals surface area contributed by atoms with Gasteiger partial charge in [0, 0.05) is 31.0 Å². The summed E-state index contributed by atoms with van der Waals surface area (Å²) in [6.07, 6.45) is 5.35. The van der Waals surface area contributed by atoms with Gasteiger partial charge in [0.15, 0.2) is 0 Å². The molecule has 0 bridgehead atoms. The molecule has 0 unspecified atom stereocenters. The number of urea groups is 1. The number of hydrogen-bond donors (Lipinski definition) is 0. The number of hydrogen-bond acceptors (Lipinski definition) is 1. The molecular weight excluding hydrogens is 272 g/mol. The Hall–Kier alpha value is -2.73. The molecule has 0 radical (unpaired) electrons. The van der Waals surface area contributed by atoms with Crippen LogP contribution in [0, 0.1) is 26.2 Å². The number of aryl methyl sites for hydroxylation is 2. The van der Waals surface area contributed by atoms with Crippen molar-refractivity contribution in [2.45, 2.75) is 13.8 Å². The first-order valence-corrected chi connectivity index (χ1v) is 7.09. The number of rotatable bonds is 2. The molecule has 2 rings (SSSR count). The number of nitrogens with zero attached hydrogens (tertiary/aromatic N) is 2. The number of amides is 2. The number of benzene rings is 2. The van der Waals surface area contributed by atoms with Crippen molar-refractivity contribution >= 4 is 17.4 Å². The van der Waals surface area contributed by atoms with Crippen LogP contribution in [0.25, 0.3) is 0 Å². The van der Waals surface area contributed by atoms with Crippen molar-refractivity contribution in [3.05, 3.63) is 59.2 Å². The van der Waals surface area contributed by atoms with Gasteiger partial charge >= 0.3 is 6.03 Å². The molecule has 0 aliphatic rings. The number of anilines is 2. The SMILES string of the molecule is C#Cc1ccc(N(C)C(=O)N(C)c2ccc(C)c(C)c2)cc1. The van der Waals surface area contributed by atoms with Crippen LogP contribution in [0.4, 0.5) is 16.2 Å². The van der Waals surface area contributed by atoms with Crippen molar-refractivity contribution in [3.63, 3.8) is 0 Å². The third-order valence-corrected chi connectivity index (χ3v) is 3.87. The summed E-state index contributed by atoms with van der Waals surface area (Å²) >= 11 is 0. The van der Waals surface area contributed by atoms with Crippen molar-refractivity contribution in [1.82, 2.24) is 0 Å². The second kappa shape index (κ2) is 6.36. The minimum absolute atomic E-state index is 0.100. The Morgan fingerprint density at radius 2 is 1.45 bits per heavy atom. The Bertz CT molecular complexity index is 726. The van der Waals surface area contributed by atoms with Gasteiger partial charge < -0.3 is 0 Å². The van der Waals surface area contributed by atoms with Crippen molar-refractivity contribution < 1.29 is 4.79 Å². The van der Waals surface area contributed by atoms with Crippen LogP contribution in [0.15, 0.2) is 42.5 Å². The van der Waals surface area contributed by atoms with Crippen molar-refractivity contribution in [1.29, 1.82) is 0 Å². The maximum atomic E-state index is 12.6. The Labute approximate surface area is 132 Å². The first kappa shape index (κ1) is 15.7. The second-order valence-corrected chi connectivity index (χ2v) is 5.36. The largest absolute Gasteiger partial charge is 0.328 e. The fourth-order valence-electron chi connectivity index (χ4n) is 2.16. The van der Waals surface area contributed by atoms with Crippen LogP contribution in [-0.2, 0) is 0 Å². The van der Waals surface area contributed by atoms with E-state index < -0.39 is 0 Å². The van der Waals surface area contributed by atoms with E-state index in [1.807, 2.05) is 49.4 Å². The van der Waals surface area contributed by atoms with Gasteiger partial charge in [0.1, 0.15) is 0 Å². The zero-order valence-electron chi connectivity index (χ0n) is 13.4. The molecule has 0 heterocycles. The van der Waals surface area contributed by atoms with Gasteiger partial charge in [-0.25, -0.2) is 4.79 Å². The Kier molecular flexibility index (Phi) is 4.53. The molecule has 0 N–H and O–H groups in total. The Morgan fingerprint density at radius 3 is 2.00 bits per heavy atom. The summed E-state index contributed by atoms with van der Waals surface area (Å²) in [4.78, 5) is 15.9. The number of terminal acetylenes is 1. The van der Waals surface area contributed by atoms with Crippen molar-refractivity contribution in [3.8, 4) is 12.3 Å². The lowest BCUT2D eigenvalue weighted by atomic mass is 10.1. The Balaban J connectivity index is 2.21. The normalized spacial score (nSPS) is 9.95. The van der Waals surface area contributed by atoms with Gasteiger partial charge in [0.25, 0.3) is 0 Å². The maximum Gasteiger partial charge on any atom is 0.328 e. The third-order valence-electron chi connectivity index (χ3n) is 3.87. The smallest absolute Gasteiger partial charge is 0.297 e. The van der Waals surface area contributed by atoms with Gasteiger partial charge in [-0.1, -0.05) is 12.0 Å². The molecule has 22 heavy (non-hydrogen) atoms. The highest BCUT2D eigenvalue weighted by Crippen LogP contribution is 2.21. The first-order chi connectivity index (χ1) is 10.4. The van der Waals surface area contributed by atoms with Crippen LogP contribution in [0.1, 0.15) is 16.7 Å². The molecule has 3 nitrogen and oxygen atoms in total. The summed E-state index contributed by atoms with van der Waals surface area (Å²) < 4.78 is 0. The monoisotopic (exact) mass is 292 g/mol. The summed E-state index contributed by atoms with van der Waals surface area (Å²) in [5, 5.41) is 0. The summed E-state index contributed by atoms with van der Waals surface area (Å²) in [5.74, 6) is 2.57. The number of carbonyl (C=O) groups is 1. The Morgan fingerprint density at radius 1 is 0.909 bits per heavy atom. The molecular formula is C19H20N2O. The lowest BCUT2D eigenvalue weighted by Gasteiger charge is -2.25. The van der Waals surface area contributed by atoms with Crippen LogP contribution in [0.3, 0.4) is 0 Å². The molecule has 0 aromatic heterocycles. The fraction of sp³-hybridized carbons (Fsp3) is 0.211. The zero-order chi connectivity index (χ0) is 16.3. The molecule has 2 aromatic rings. The predicted octanol–water partition coefficient (Wildman–Crippen LogP) is 3.98. The maximum absolute atomic E-state index is 12.6. The second-order valence-electron chi connectivity index (χ2n) is 5.36. The standard InChI is InChI=1S/C19H20N2O/c1-6-16-8-11-17(12-9-16)20(4)19(22)21(5)18-10-7-14(2)15(3)13-18/h1,7-13H,2-5H3. The molecule has 2 amide bonds. The molecule has 0 saturated carbocycles. The average molecular weight is 292 g/mol. The van der Waals surface area contributed by atoms with Gasteiger partial charge in [-0.15, -0.1) is 6.42 Å². The van der Waals surface area contributed by atoms with Gasteiger partial charge in [-0.3, -0.25) is 9.80 Å². The van der Waals surface area contributed by atoms with E-state index in [0.29, 0.717) is 0 Å². The summed E-state index contributed by atoms with van der Waals surface area (Å²) in [6.45, 7) is 4.10. The fourth-order valence-corrected chi connectivity index (χ4v) is 2.16. The van der Waals surface area contributed by atoms with Crippen LogP contribution < -0.4 is 9.80 Å². The van der Waals surface area contributed by atoms with Crippen molar-refractivity contribution in [2.24, 2.45) is 0 Å². The van der Waals surface area contributed by atoms with Gasteiger partial charge in [0.05, 0.1) is 0 Å². The highest BCUT2D eigenvalue weighted by molar-refractivity contribution is 6.02. The topological polar surface area (TPSA) is 23.6 Å². The molecule has 0 atom stereocenters. The molecule has 0 fully saturated rings. The lowest BCUT2D eigenvalue weighted by molar-refractivity contribution is 0.253. The average Bonchev–Trinajstić information content (AvgIpc) is 2.55. The lowest BCUT2D eigenvalue weighted by Crippen LogP contribution is -2.38. The van der Waals surface area contributed by atoms with E-state index in [9.17, 15) is 4.79 Å².